The van der Waals surface area contributed by atoms with Crippen LogP contribution in [-0.2, 0) is 16.6 Å². The van der Waals surface area contributed by atoms with Crippen molar-refractivity contribution < 1.29 is 9.32 Å². The highest BCUT2D eigenvalue weighted by atomic mass is 16.5. The number of hydrogen-bond donors (Lipinski definition) is 0. The quantitative estimate of drug-likeness (QED) is 0.582. The van der Waals surface area contributed by atoms with Gasteiger partial charge in [0.2, 0.25) is 5.91 Å². The summed E-state index contributed by atoms with van der Waals surface area (Å²) in [6.07, 6.45) is 2.39. The van der Waals surface area contributed by atoms with Crippen molar-refractivity contribution in [3.05, 3.63) is 71.5 Å². The Balaban J connectivity index is 1.36. The number of aryl methyl sites for hydroxylation is 1. The van der Waals surface area contributed by atoms with Crippen molar-refractivity contribution >= 4 is 5.91 Å². The first kappa shape index (κ1) is 20.3. The van der Waals surface area contributed by atoms with Crippen molar-refractivity contribution in [1.29, 1.82) is 0 Å². The average molecular weight is 404 g/mol. The van der Waals surface area contributed by atoms with Gasteiger partial charge in [-0.15, -0.1) is 0 Å². The van der Waals surface area contributed by atoms with Crippen molar-refractivity contribution in [2.24, 2.45) is 0 Å². The van der Waals surface area contributed by atoms with Gasteiger partial charge in [-0.1, -0.05) is 68.4 Å². The number of benzene rings is 2. The fourth-order valence-electron chi connectivity index (χ4n) is 3.91. The molecule has 2 heterocycles. The van der Waals surface area contributed by atoms with Gasteiger partial charge in [0, 0.05) is 31.0 Å². The average Bonchev–Trinajstić information content (AvgIpc) is 3.36. The van der Waals surface area contributed by atoms with E-state index >= 15 is 0 Å². The maximum absolute atomic E-state index is 12.4. The molecule has 3 aromatic rings. The highest BCUT2D eigenvalue weighted by Gasteiger charge is 2.33. The Kier molecular flexibility index (Phi) is 5.71. The standard InChI is InChI=1S/C25H29N3O2/c1-25(2,3)21-13-11-19(12-14-21)24-26-23(27-30-24)20-16-22(29)28(17-20)15-7-10-18-8-5-4-6-9-18/h4-6,8-9,11-14,20H,7,10,15-17H2,1-3H3. The molecule has 1 aliphatic heterocycles. The van der Waals surface area contributed by atoms with Gasteiger partial charge in [0.25, 0.3) is 5.89 Å². The second-order valence-electron chi connectivity index (χ2n) is 9.12. The SMILES string of the molecule is CC(C)(C)c1ccc(-c2nc(C3CC(=O)N(CCCc4ccccc4)C3)no2)cc1. The summed E-state index contributed by atoms with van der Waals surface area (Å²) < 4.78 is 5.51. The van der Waals surface area contributed by atoms with Crippen molar-refractivity contribution in [3.8, 4) is 11.5 Å². The van der Waals surface area contributed by atoms with E-state index in [2.05, 4.69) is 67.3 Å². The molecule has 30 heavy (non-hydrogen) atoms. The number of amides is 1. The number of carbonyl (C=O) groups excluding carboxylic acids is 1. The molecule has 1 saturated heterocycles. The van der Waals surface area contributed by atoms with E-state index < -0.39 is 0 Å². The fraction of sp³-hybridized carbons (Fsp3) is 0.400. The Morgan fingerprint density at radius 1 is 1.07 bits per heavy atom. The van der Waals surface area contributed by atoms with Crippen molar-refractivity contribution in [2.75, 3.05) is 13.1 Å². The van der Waals surface area contributed by atoms with Gasteiger partial charge < -0.3 is 9.42 Å². The number of nitrogens with zero attached hydrogens (tertiary/aromatic N) is 3. The smallest absolute Gasteiger partial charge is 0.257 e. The van der Waals surface area contributed by atoms with Gasteiger partial charge in [-0.05, 0) is 41.5 Å². The minimum atomic E-state index is 0.000531. The summed E-state index contributed by atoms with van der Waals surface area (Å²) in [6.45, 7) is 8.00. The van der Waals surface area contributed by atoms with E-state index in [1.165, 1.54) is 11.1 Å². The predicted octanol–water partition coefficient (Wildman–Crippen LogP) is 4.98. The van der Waals surface area contributed by atoms with E-state index in [-0.39, 0.29) is 17.2 Å². The molecular weight excluding hydrogens is 374 g/mol. The topological polar surface area (TPSA) is 59.2 Å². The Morgan fingerprint density at radius 2 is 1.80 bits per heavy atom. The van der Waals surface area contributed by atoms with Crippen LogP contribution in [0.5, 0.6) is 0 Å². The van der Waals surface area contributed by atoms with Crippen molar-refractivity contribution in [1.82, 2.24) is 15.0 Å². The zero-order chi connectivity index (χ0) is 21.1. The maximum Gasteiger partial charge on any atom is 0.257 e. The molecule has 0 saturated carbocycles. The van der Waals surface area contributed by atoms with Crippen LogP contribution in [0.1, 0.15) is 56.5 Å². The number of hydrogen-bond acceptors (Lipinski definition) is 4. The molecule has 4 rings (SSSR count). The van der Waals surface area contributed by atoms with Crippen LogP contribution in [0.2, 0.25) is 0 Å². The summed E-state index contributed by atoms with van der Waals surface area (Å²) in [4.78, 5) is 19.0. The summed E-state index contributed by atoms with van der Waals surface area (Å²) >= 11 is 0. The molecule has 0 N–H and O–H groups in total. The monoisotopic (exact) mass is 403 g/mol. The van der Waals surface area contributed by atoms with Crippen LogP contribution in [0.4, 0.5) is 0 Å². The first-order valence-corrected chi connectivity index (χ1v) is 10.7. The number of likely N-dealkylation sites (tertiary alicyclic amines) is 1. The third-order valence-electron chi connectivity index (χ3n) is 5.76. The van der Waals surface area contributed by atoms with Crippen molar-refractivity contribution in [3.63, 3.8) is 0 Å². The molecule has 5 heteroatoms. The van der Waals surface area contributed by atoms with Crippen molar-refractivity contribution in [2.45, 2.75) is 51.4 Å². The van der Waals surface area contributed by atoms with E-state index in [0.717, 1.165) is 24.9 Å². The largest absolute Gasteiger partial charge is 0.342 e. The summed E-state index contributed by atoms with van der Waals surface area (Å²) in [5, 5.41) is 4.18. The lowest BCUT2D eigenvalue weighted by atomic mass is 9.87. The lowest BCUT2D eigenvalue weighted by Gasteiger charge is -2.18. The minimum Gasteiger partial charge on any atom is -0.342 e. The van der Waals surface area contributed by atoms with Crippen LogP contribution < -0.4 is 0 Å². The molecule has 2 aromatic carbocycles. The maximum atomic E-state index is 12.4. The van der Waals surface area contributed by atoms with Gasteiger partial charge in [-0.3, -0.25) is 4.79 Å². The number of carbonyl (C=O) groups is 1. The third kappa shape index (κ3) is 4.61. The van der Waals surface area contributed by atoms with Gasteiger partial charge in [0.15, 0.2) is 5.82 Å². The van der Waals surface area contributed by atoms with Crippen LogP contribution in [-0.4, -0.2) is 34.0 Å². The van der Waals surface area contributed by atoms with Crippen LogP contribution in [0.3, 0.4) is 0 Å². The summed E-state index contributed by atoms with van der Waals surface area (Å²) in [5.74, 6) is 1.32. The Hall–Kier alpha value is -2.95. The molecular formula is C25H29N3O2. The highest BCUT2D eigenvalue weighted by Crippen LogP contribution is 2.29. The Morgan fingerprint density at radius 3 is 2.50 bits per heavy atom. The number of rotatable bonds is 6. The third-order valence-corrected chi connectivity index (χ3v) is 5.76. The molecule has 0 aliphatic carbocycles. The van der Waals surface area contributed by atoms with E-state index in [1.54, 1.807) is 0 Å². The molecule has 5 nitrogen and oxygen atoms in total. The summed E-state index contributed by atoms with van der Waals surface area (Å²) in [6, 6.07) is 18.6. The van der Waals surface area contributed by atoms with Crippen LogP contribution in [0.15, 0.2) is 59.1 Å². The molecule has 1 fully saturated rings. The zero-order valence-electron chi connectivity index (χ0n) is 18.0. The lowest BCUT2D eigenvalue weighted by molar-refractivity contribution is -0.127. The molecule has 0 spiro atoms. The zero-order valence-corrected chi connectivity index (χ0v) is 18.0. The molecule has 1 amide bonds. The van der Waals surface area contributed by atoms with E-state index in [0.29, 0.717) is 24.7 Å². The normalized spacial score (nSPS) is 17.0. The first-order chi connectivity index (χ1) is 14.4. The molecule has 1 unspecified atom stereocenters. The van der Waals surface area contributed by atoms with Gasteiger partial charge in [-0.2, -0.15) is 4.98 Å². The van der Waals surface area contributed by atoms with E-state index in [4.69, 9.17) is 4.52 Å². The Labute approximate surface area is 178 Å². The van der Waals surface area contributed by atoms with Gasteiger partial charge in [0.1, 0.15) is 0 Å². The van der Waals surface area contributed by atoms with Gasteiger partial charge in [0.05, 0.1) is 0 Å². The van der Waals surface area contributed by atoms with E-state index in [1.807, 2.05) is 23.1 Å². The van der Waals surface area contributed by atoms with Crippen LogP contribution >= 0.6 is 0 Å². The number of aromatic nitrogens is 2. The predicted molar refractivity (Wildman–Crippen MR) is 117 cm³/mol. The fourth-order valence-corrected chi connectivity index (χ4v) is 3.91. The van der Waals surface area contributed by atoms with Crippen LogP contribution in [0.25, 0.3) is 11.5 Å². The molecule has 156 valence electrons. The van der Waals surface area contributed by atoms with Gasteiger partial charge >= 0.3 is 0 Å². The second kappa shape index (κ2) is 8.42. The van der Waals surface area contributed by atoms with Gasteiger partial charge in [-0.25, -0.2) is 0 Å². The molecule has 0 radical (unpaired) electrons. The van der Waals surface area contributed by atoms with Crippen LogP contribution in [0, 0.1) is 0 Å². The molecule has 0 bridgehead atoms. The summed E-state index contributed by atoms with van der Waals surface area (Å²) in [5.41, 5.74) is 3.58. The lowest BCUT2D eigenvalue weighted by Crippen LogP contribution is -2.26. The summed E-state index contributed by atoms with van der Waals surface area (Å²) in [7, 11) is 0. The highest BCUT2D eigenvalue weighted by molar-refractivity contribution is 5.79. The molecule has 1 aliphatic rings. The van der Waals surface area contributed by atoms with E-state index in [9.17, 15) is 4.79 Å². The molecule has 1 atom stereocenters. The minimum absolute atomic E-state index is 0.000531. The Bertz CT molecular complexity index is 987. The molecule has 1 aromatic heterocycles. The second-order valence-corrected chi connectivity index (χ2v) is 9.12. The first-order valence-electron chi connectivity index (χ1n) is 10.7.